The number of benzene rings is 2. The standard InChI is InChI=1S/C19H21NO3S/c1-14(16-6-4-3-5-7-16)24-13-18(21)20-12-15-8-10-17(11-9-15)19(22)23-2/h3-11,14H,12-13H2,1-2H3,(H,20,21)/t14-/m1/s1. The van der Waals surface area contributed by atoms with Gasteiger partial charge < -0.3 is 10.1 Å². The van der Waals surface area contributed by atoms with E-state index in [1.54, 1.807) is 23.9 Å². The van der Waals surface area contributed by atoms with Gasteiger partial charge in [0.1, 0.15) is 0 Å². The Kier molecular flexibility index (Phi) is 6.88. The van der Waals surface area contributed by atoms with E-state index in [0.717, 1.165) is 5.56 Å². The molecule has 0 radical (unpaired) electrons. The number of nitrogens with one attached hydrogen (secondary N) is 1. The summed E-state index contributed by atoms with van der Waals surface area (Å²) >= 11 is 1.61. The number of ether oxygens (including phenoxy) is 1. The smallest absolute Gasteiger partial charge is 0.337 e. The minimum Gasteiger partial charge on any atom is -0.465 e. The van der Waals surface area contributed by atoms with Crippen molar-refractivity contribution < 1.29 is 14.3 Å². The zero-order chi connectivity index (χ0) is 17.4. The number of esters is 1. The summed E-state index contributed by atoms with van der Waals surface area (Å²) in [6.07, 6.45) is 0. The molecule has 4 nitrogen and oxygen atoms in total. The molecule has 0 aliphatic carbocycles. The van der Waals surface area contributed by atoms with Crippen molar-refractivity contribution in [3.63, 3.8) is 0 Å². The number of hydrogen-bond donors (Lipinski definition) is 1. The predicted molar refractivity (Wildman–Crippen MR) is 96.9 cm³/mol. The molecule has 0 saturated carbocycles. The summed E-state index contributed by atoms with van der Waals surface area (Å²) in [4.78, 5) is 23.3. The van der Waals surface area contributed by atoms with Gasteiger partial charge in [-0.15, -0.1) is 11.8 Å². The van der Waals surface area contributed by atoms with Gasteiger partial charge in [-0.1, -0.05) is 42.5 Å². The Morgan fingerprint density at radius 1 is 1.08 bits per heavy atom. The van der Waals surface area contributed by atoms with Crippen LogP contribution >= 0.6 is 11.8 Å². The van der Waals surface area contributed by atoms with E-state index in [4.69, 9.17) is 0 Å². The summed E-state index contributed by atoms with van der Waals surface area (Å²) in [7, 11) is 1.35. The highest BCUT2D eigenvalue weighted by atomic mass is 32.2. The van der Waals surface area contributed by atoms with Crippen molar-refractivity contribution in [2.75, 3.05) is 12.9 Å². The van der Waals surface area contributed by atoms with Gasteiger partial charge in [-0.2, -0.15) is 0 Å². The van der Waals surface area contributed by atoms with Gasteiger partial charge in [0.25, 0.3) is 0 Å². The molecule has 0 aromatic heterocycles. The summed E-state index contributed by atoms with van der Waals surface area (Å²) in [6, 6.07) is 17.1. The maximum Gasteiger partial charge on any atom is 0.337 e. The molecular weight excluding hydrogens is 322 g/mol. The first kappa shape index (κ1) is 18.1. The van der Waals surface area contributed by atoms with Crippen molar-refractivity contribution in [2.45, 2.75) is 18.7 Å². The number of carbonyl (C=O) groups is 2. The Morgan fingerprint density at radius 3 is 2.38 bits per heavy atom. The van der Waals surface area contributed by atoms with E-state index in [1.165, 1.54) is 12.7 Å². The molecular formula is C19H21NO3S. The largest absolute Gasteiger partial charge is 0.465 e. The normalized spacial score (nSPS) is 11.6. The van der Waals surface area contributed by atoms with Crippen LogP contribution in [-0.4, -0.2) is 24.7 Å². The van der Waals surface area contributed by atoms with Crippen molar-refractivity contribution in [3.05, 3.63) is 71.3 Å². The van der Waals surface area contributed by atoms with E-state index < -0.39 is 0 Å². The van der Waals surface area contributed by atoms with Gasteiger partial charge in [-0.3, -0.25) is 4.79 Å². The monoisotopic (exact) mass is 343 g/mol. The highest BCUT2D eigenvalue weighted by molar-refractivity contribution is 8.00. The van der Waals surface area contributed by atoms with Gasteiger partial charge in [-0.05, 0) is 30.2 Å². The number of methoxy groups -OCH3 is 1. The molecule has 0 aliphatic rings. The highest BCUT2D eigenvalue weighted by Gasteiger charge is 2.09. The molecule has 2 aromatic carbocycles. The summed E-state index contributed by atoms with van der Waals surface area (Å²) < 4.78 is 4.65. The summed E-state index contributed by atoms with van der Waals surface area (Å²) in [6.45, 7) is 2.54. The molecule has 5 heteroatoms. The Hall–Kier alpha value is -2.27. The van der Waals surface area contributed by atoms with E-state index >= 15 is 0 Å². The van der Waals surface area contributed by atoms with Crippen molar-refractivity contribution in [2.24, 2.45) is 0 Å². The van der Waals surface area contributed by atoms with E-state index in [1.807, 2.05) is 30.3 Å². The number of hydrogen-bond acceptors (Lipinski definition) is 4. The van der Waals surface area contributed by atoms with Crippen LogP contribution in [0.15, 0.2) is 54.6 Å². The molecule has 0 heterocycles. The number of thioether (sulfide) groups is 1. The summed E-state index contributed by atoms with van der Waals surface area (Å²) in [5.74, 6) is 0.0488. The van der Waals surface area contributed by atoms with Crippen LogP contribution in [-0.2, 0) is 16.1 Å². The van der Waals surface area contributed by atoms with Gasteiger partial charge in [0, 0.05) is 11.8 Å². The van der Waals surface area contributed by atoms with Crippen molar-refractivity contribution in [1.82, 2.24) is 5.32 Å². The van der Waals surface area contributed by atoms with Crippen molar-refractivity contribution in [3.8, 4) is 0 Å². The van der Waals surface area contributed by atoms with E-state index in [-0.39, 0.29) is 17.1 Å². The molecule has 0 aliphatic heterocycles. The van der Waals surface area contributed by atoms with Crippen LogP contribution in [0.4, 0.5) is 0 Å². The second kappa shape index (κ2) is 9.13. The van der Waals surface area contributed by atoms with Crippen molar-refractivity contribution >= 4 is 23.6 Å². The average molecular weight is 343 g/mol. The quantitative estimate of drug-likeness (QED) is 0.781. The van der Waals surface area contributed by atoms with Gasteiger partial charge in [-0.25, -0.2) is 4.79 Å². The number of carbonyl (C=O) groups excluding carboxylic acids is 2. The number of amides is 1. The second-order valence-electron chi connectivity index (χ2n) is 5.33. The Bertz CT molecular complexity index is 671. The van der Waals surface area contributed by atoms with E-state index in [9.17, 15) is 9.59 Å². The maximum absolute atomic E-state index is 12.0. The molecule has 1 atom stereocenters. The minimum atomic E-state index is -0.364. The SMILES string of the molecule is COC(=O)c1ccc(CNC(=O)CS[C@H](C)c2ccccc2)cc1. The van der Waals surface area contributed by atoms with E-state index in [0.29, 0.717) is 17.9 Å². The first-order chi connectivity index (χ1) is 11.6. The first-order valence-corrected chi connectivity index (χ1v) is 8.75. The molecule has 24 heavy (non-hydrogen) atoms. The van der Waals surface area contributed by atoms with Crippen LogP contribution < -0.4 is 5.32 Å². The van der Waals surface area contributed by atoms with Crippen LogP contribution in [0.3, 0.4) is 0 Å². The van der Waals surface area contributed by atoms with Crippen LogP contribution in [0.5, 0.6) is 0 Å². The molecule has 0 unspecified atom stereocenters. The van der Waals surface area contributed by atoms with Crippen molar-refractivity contribution in [1.29, 1.82) is 0 Å². The van der Waals surface area contributed by atoms with Gasteiger partial charge in [0.05, 0.1) is 18.4 Å². The fraction of sp³-hybridized carbons (Fsp3) is 0.263. The fourth-order valence-electron chi connectivity index (χ4n) is 2.15. The lowest BCUT2D eigenvalue weighted by Gasteiger charge is -2.11. The molecule has 1 N–H and O–H groups in total. The topological polar surface area (TPSA) is 55.4 Å². The summed E-state index contributed by atoms with van der Waals surface area (Å²) in [5, 5.41) is 3.17. The average Bonchev–Trinajstić information content (AvgIpc) is 2.64. The molecule has 0 fully saturated rings. The zero-order valence-electron chi connectivity index (χ0n) is 13.8. The van der Waals surface area contributed by atoms with Crippen LogP contribution in [0.25, 0.3) is 0 Å². The van der Waals surface area contributed by atoms with Gasteiger partial charge >= 0.3 is 5.97 Å². The Labute approximate surface area is 146 Å². The molecule has 2 rings (SSSR count). The maximum atomic E-state index is 12.0. The van der Waals surface area contributed by atoms with Crippen LogP contribution in [0.1, 0.15) is 33.7 Å². The Balaban J connectivity index is 1.76. The molecule has 0 spiro atoms. The Morgan fingerprint density at radius 2 is 1.75 bits per heavy atom. The van der Waals surface area contributed by atoms with Crippen LogP contribution in [0.2, 0.25) is 0 Å². The molecule has 2 aromatic rings. The third-order valence-corrected chi connectivity index (χ3v) is 4.80. The molecule has 0 bridgehead atoms. The third kappa shape index (κ3) is 5.42. The van der Waals surface area contributed by atoms with Gasteiger partial charge in [0.2, 0.25) is 5.91 Å². The minimum absolute atomic E-state index is 0.000162. The molecule has 0 saturated heterocycles. The predicted octanol–water partition coefficient (Wildman–Crippen LogP) is 3.58. The highest BCUT2D eigenvalue weighted by Crippen LogP contribution is 2.27. The fourth-order valence-corrected chi connectivity index (χ4v) is 3.00. The lowest BCUT2D eigenvalue weighted by Crippen LogP contribution is -2.24. The van der Waals surface area contributed by atoms with Crippen LogP contribution in [0, 0.1) is 0 Å². The molecule has 126 valence electrons. The first-order valence-electron chi connectivity index (χ1n) is 7.70. The lowest BCUT2D eigenvalue weighted by molar-refractivity contribution is -0.118. The lowest BCUT2D eigenvalue weighted by atomic mass is 10.1. The zero-order valence-corrected chi connectivity index (χ0v) is 14.6. The molecule has 1 amide bonds. The van der Waals surface area contributed by atoms with E-state index in [2.05, 4.69) is 29.1 Å². The summed E-state index contributed by atoms with van der Waals surface area (Å²) in [5.41, 5.74) is 2.66. The number of rotatable bonds is 7. The van der Waals surface area contributed by atoms with Gasteiger partial charge in [0.15, 0.2) is 0 Å². The third-order valence-electron chi connectivity index (χ3n) is 3.60. The second-order valence-corrected chi connectivity index (χ2v) is 6.66.